The average molecular weight is 381 g/mol. The molecule has 0 aromatic heterocycles. The van der Waals surface area contributed by atoms with Gasteiger partial charge in [0, 0.05) is 5.92 Å². The number of benzene rings is 1. The van der Waals surface area contributed by atoms with Gasteiger partial charge in [-0.2, -0.15) is 0 Å². The molecule has 1 amide bonds. The molecule has 6 heteroatoms. The molecule has 0 aliphatic rings. The smallest absolute Gasteiger partial charge is 0.408 e. The molecule has 0 aliphatic heterocycles. The molecular weight excluding hydrogens is 349 g/mol. The van der Waals surface area contributed by atoms with Crippen LogP contribution < -0.4 is 5.32 Å². The van der Waals surface area contributed by atoms with E-state index in [1.165, 1.54) is 12.1 Å². The first-order valence-corrected chi connectivity index (χ1v) is 9.28. The van der Waals surface area contributed by atoms with Crippen LogP contribution in [0.5, 0.6) is 0 Å². The Kier molecular flexibility index (Phi) is 7.81. The fraction of sp³-hybridized carbons (Fsp3) is 0.619. The number of rotatable bonds is 6. The Balaban J connectivity index is 2.81. The van der Waals surface area contributed by atoms with Crippen LogP contribution in [0.25, 0.3) is 0 Å². The van der Waals surface area contributed by atoms with Crippen LogP contribution in [0.2, 0.25) is 0 Å². The van der Waals surface area contributed by atoms with Crippen LogP contribution in [-0.2, 0) is 14.3 Å². The molecule has 0 spiro atoms. The number of carbonyl (C=O) groups is 2. The Hall–Kier alpha value is -2.11. The largest absolute Gasteiger partial charge is 0.460 e. The van der Waals surface area contributed by atoms with Gasteiger partial charge in [-0.05, 0) is 63.8 Å². The minimum Gasteiger partial charge on any atom is -0.460 e. The average Bonchev–Trinajstić information content (AvgIpc) is 2.49. The van der Waals surface area contributed by atoms with Gasteiger partial charge in [-0.3, -0.25) is 0 Å². The number of hydrogen-bond donors (Lipinski definition) is 1. The molecule has 3 atom stereocenters. The summed E-state index contributed by atoms with van der Waals surface area (Å²) < 4.78 is 24.1. The zero-order valence-corrected chi connectivity index (χ0v) is 17.6. The first kappa shape index (κ1) is 22.9. The van der Waals surface area contributed by atoms with E-state index >= 15 is 0 Å². The summed E-state index contributed by atoms with van der Waals surface area (Å²) in [6, 6.07) is 3.75. The maximum atomic E-state index is 13.3. The molecule has 0 saturated carbocycles. The van der Waals surface area contributed by atoms with Crippen LogP contribution in [-0.4, -0.2) is 29.8 Å². The van der Waals surface area contributed by atoms with Gasteiger partial charge in [0.15, 0.2) is 0 Å². The van der Waals surface area contributed by atoms with Crippen molar-refractivity contribution in [1.82, 2.24) is 5.32 Å². The van der Waals surface area contributed by atoms with Crippen molar-refractivity contribution in [2.45, 2.75) is 79.1 Å². The van der Waals surface area contributed by atoms with Crippen LogP contribution >= 0.6 is 0 Å². The summed E-state index contributed by atoms with van der Waals surface area (Å²) in [7, 11) is 0. The van der Waals surface area contributed by atoms with Gasteiger partial charge < -0.3 is 14.8 Å². The van der Waals surface area contributed by atoms with Gasteiger partial charge in [-0.1, -0.05) is 26.8 Å². The molecule has 0 heterocycles. The lowest BCUT2D eigenvalue weighted by atomic mass is 9.92. The number of halogens is 1. The third-order valence-electron chi connectivity index (χ3n) is 4.32. The van der Waals surface area contributed by atoms with E-state index in [2.05, 4.69) is 5.32 Å². The Morgan fingerprint density at radius 1 is 1.11 bits per heavy atom. The molecule has 0 bridgehead atoms. The minimum absolute atomic E-state index is 0.121. The number of aryl methyl sites for hydroxylation is 1. The molecule has 1 aromatic carbocycles. The topological polar surface area (TPSA) is 64.6 Å². The fourth-order valence-corrected chi connectivity index (χ4v) is 2.69. The summed E-state index contributed by atoms with van der Waals surface area (Å²) in [5, 5.41) is 2.59. The monoisotopic (exact) mass is 381 g/mol. The summed E-state index contributed by atoms with van der Waals surface area (Å²) in [4.78, 5) is 24.6. The zero-order valence-electron chi connectivity index (χ0n) is 17.6. The van der Waals surface area contributed by atoms with E-state index in [0.717, 1.165) is 11.1 Å². The molecule has 0 unspecified atom stereocenters. The van der Waals surface area contributed by atoms with Crippen molar-refractivity contribution < 1.29 is 23.5 Å². The lowest BCUT2D eigenvalue weighted by Crippen LogP contribution is -2.48. The molecule has 1 aromatic rings. The van der Waals surface area contributed by atoms with Crippen molar-refractivity contribution >= 4 is 12.1 Å². The molecule has 152 valence electrons. The van der Waals surface area contributed by atoms with Crippen molar-refractivity contribution in [3.63, 3.8) is 0 Å². The second-order valence-corrected chi connectivity index (χ2v) is 8.30. The summed E-state index contributed by atoms with van der Waals surface area (Å²) in [6.45, 7) is 14.4. The van der Waals surface area contributed by atoms with E-state index < -0.39 is 29.8 Å². The van der Waals surface area contributed by atoms with E-state index in [9.17, 15) is 14.0 Å². The van der Waals surface area contributed by atoms with Gasteiger partial charge in [-0.25, -0.2) is 14.0 Å². The molecule has 1 rings (SSSR count). The van der Waals surface area contributed by atoms with E-state index in [4.69, 9.17) is 9.47 Å². The Labute approximate surface area is 161 Å². The summed E-state index contributed by atoms with van der Waals surface area (Å²) in [6.07, 6.45) is -1.10. The van der Waals surface area contributed by atoms with Crippen molar-refractivity contribution in [3.8, 4) is 0 Å². The van der Waals surface area contributed by atoms with Gasteiger partial charge in [0.05, 0.1) is 0 Å². The van der Waals surface area contributed by atoms with E-state index in [1.54, 1.807) is 33.8 Å². The van der Waals surface area contributed by atoms with Crippen LogP contribution in [0.1, 0.15) is 65.5 Å². The van der Waals surface area contributed by atoms with Gasteiger partial charge in [0.2, 0.25) is 0 Å². The molecule has 5 nitrogen and oxygen atoms in total. The van der Waals surface area contributed by atoms with E-state index in [-0.39, 0.29) is 17.7 Å². The van der Waals surface area contributed by atoms with Crippen molar-refractivity contribution in [2.24, 2.45) is 5.92 Å². The van der Waals surface area contributed by atoms with E-state index in [1.807, 2.05) is 27.7 Å². The van der Waals surface area contributed by atoms with Gasteiger partial charge in [-0.15, -0.1) is 0 Å². The zero-order chi connectivity index (χ0) is 20.9. The first-order chi connectivity index (χ1) is 12.3. The maximum absolute atomic E-state index is 13.3. The maximum Gasteiger partial charge on any atom is 0.408 e. The molecule has 1 N–H and O–H groups in total. The lowest BCUT2D eigenvalue weighted by Gasteiger charge is -2.27. The standard InChI is InChI=1S/C21H32FNO4/c1-12(2)18(23-20(25)27-21(6,7)8)19(24)26-15(5)14(4)17-10-9-16(22)11-13(17)3/h9-12,14-15,18H,1-8H3,(H,23,25)/t14-,15+,18-/m0/s1. The number of amides is 1. The van der Waals surface area contributed by atoms with Crippen molar-refractivity contribution in [3.05, 3.63) is 35.1 Å². The van der Waals surface area contributed by atoms with Crippen LogP contribution in [0.15, 0.2) is 18.2 Å². The number of nitrogens with one attached hydrogen (secondary N) is 1. The summed E-state index contributed by atoms with van der Waals surface area (Å²) in [5.41, 5.74) is 1.06. The van der Waals surface area contributed by atoms with Crippen molar-refractivity contribution in [2.75, 3.05) is 0 Å². The highest BCUT2D eigenvalue weighted by molar-refractivity contribution is 5.81. The van der Waals surface area contributed by atoms with Gasteiger partial charge in [0.1, 0.15) is 23.6 Å². The second kappa shape index (κ2) is 9.20. The van der Waals surface area contributed by atoms with Crippen LogP contribution in [0, 0.1) is 18.7 Å². The molecular formula is C21H32FNO4. The first-order valence-electron chi connectivity index (χ1n) is 9.28. The molecule has 27 heavy (non-hydrogen) atoms. The number of carbonyl (C=O) groups excluding carboxylic acids is 2. The highest BCUT2D eigenvalue weighted by Crippen LogP contribution is 2.25. The Morgan fingerprint density at radius 2 is 1.70 bits per heavy atom. The minimum atomic E-state index is -0.816. The molecule has 0 fully saturated rings. The number of ether oxygens (including phenoxy) is 2. The number of alkyl carbamates (subject to hydrolysis) is 1. The van der Waals surface area contributed by atoms with Crippen LogP contribution in [0.4, 0.5) is 9.18 Å². The predicted octanol–water partition coefficient (Wildman–Crippen LogP) is 4.72. The Bertz CT molecular complexity index is 667. The highest BCUT2D eigenvalue weighted by atomic mass is 19.1. The summed E-state index contributed by atoms with van der Waals surface area (Å²) in [5.74, 6) is -1.10. The van der Waals surface area contributed by atoms with Gasteiger partial charge >= 0.3 is 12.1 Å². The summed E-state index contributed by atoms with van der Waals surface area (Å²) >= 11 is 0. The fourth-order valence-electron chi connectivity index (χ4n) is 2.69. The predicted molar refractivity (Wildman–Crippen MR) is 103 cm³/mol. The third kappa shape index (κ3) is 7.19. The number of esters is 1. The second-order valence-electron chi connectivity index (χ2n) is 8.30. The number of hydrogen-bond acceptors (Lipinski definition) is 4. The van der Waals surface area contributed by atoms with E-state index in [0.29, 0.717) is 0 Å². The SMILES string of the molecule is Cc1cc(F)ccc1[C@@H](C)[C@@H](C)OC(=O)[C@@H](NC(=O)OC(C)(C)C)C(C)C. The molecule has 0 saturated heterocycles. The highest BCUT2D eigenvalue weighted by Gasteiger charge is 2.30. The molecule has 0 radical (unpaired) electrons. The Morgan fingerprint density at radius 3 is 2.19 bits per heavy atom. The van der Waals surface area contributed by atoms with Gasteiger partial charge in [0.25, 0.3) is 0 Å². The van der Waals surface area contributed by atoms with Crippen LogP contribution in [0.3, 0.4) is 0 Å². The normalized spacial score (nSPS) is 15.0. The quantitative estimate of drug-likeness (QED) is 0.724. The third-order valence-corrected chi connectivity index (χ3v) is 4.32. The molecule has 0 aliphatic carbocycles. The van der Waals surface area contributed by atoms with Crippen molar-refractivity contribution in [1.29, 1.82) is 0 Å². The lowest BCUT2D eigenvalue weighted by molar-refractivity contribution is -0.153.